The summed E-state index contributed by atoms with van der Waals surface area (Å²) >= 11 is 0. The smallest absolute Gasteiger partial charge is 0.0270 e. The predicted molar refractivity (Wildman–Crippen MR) is 58.2 cm³/mol. The van der Waals surface area contributed by atoms with Crippen molar-refractivity contribution in [3.8, 4) is 0 Å². The van der Waals surface area contributed by atoms with Crippen molar-refractivity contribution in [1.29, 1.82) is 0 Å². The number of rotatable bonds is 2. The molecule has 0 fully saturated rings. The average molecular weight is 173 g/mol. The van der Waals surface area contributed by atoms with E-state index in [4.69, 9.17) is 5.73 Å². The highest BCUT2D eigenvalue weighted by molar-refractivity contribution is 5.59. The monoisotopic (exact) mass is 173 g/mol. The van der Waals surface area contributed by atoms with Gasteiger partial charge in [-0.05, 0) is 36.6 Å². The third-order valence-electron chi connectivity index (χ3n) is 2.07. The highest BCUT2D eigenvalue weighted by Gasteiger charge is 1.94. The second kappa shape index (κ2) is 3.94. The van der Waals surface area contributed by atoms with Gasteiger partial charge in [0.15, 0.2) is 0 Å². The molecular formula is C12H15N. The van der Waals surface area contributed by atoms with Gasteiger partial charge in [-0.1, -0.05) is 30.8 Å². The summed E-state index contributed by atoms with van der Waals surface area (Å²) in [4.78, 5) is 0. The molecule has 0 amide bonds. The number of hydrogen-bond acceptors (Lipinski definition) is 1. The van der Waals surface area contributed by atoms with E-state index in [0.29, 0.717) is 5.70 Å². The van der Waals surface area contributed by atoms with E-state index in [1.807, 2.05) is 19.1 Å². The standard InChI is InChI=1S/C12H15N/c1-9-6-4-5-7-12(9)8-10(2)11(3)13/h4-8H,3,13H2,1-2H3/b10-8+. The van der Waals surface area contributed by atoms with Gasteiger partial charge >= 0.3 is 0 Å². The van der Waals surface area contributed by atoms with E-state index in [0.717, 1.165) is 5.57 Å². The van der Waals surface area contributed by atoms with Crippen LogP contribution in [0.5, 0.6) is 0 Å². The summed E-state index contributed by atoms with van der Waals surface area (Å²) in [5.41, 5.74) is 9.68. The Morgan fingerprint density at radius 3 is 2.54 bits per heavy atom. The fraction of sp³-hybridized carbons (Fsp3) is 0.167. The molecule has 68 valence electrons. The lowest BCUT2D eigenvalue weighted by molar-refractivity contribution is 1.32. The highest BCUT2D eigenvalue weighted by Crippen LogP contribution is 2.13. The Bertz CT molecular complexity index is 348. The van der Waals surface area contributed by atoms with E-state index >= 15 is 0 Å². The summed E-state index contributed by atoms with van der Waals surface area (Å²) in [6, 6.07) is 8.20. The lowest BCUT2D eigenvalue weighted by atomic mass is 10.1. The normalized spacial score (nSPS) is 11.4. The van der Waals surface area contributed by atoms with Gasteiger partial charge in [0.05, 0.1) is 0 Å². The van der Waals surface area contributed by atoms with Crippen LogP contribution in [-0.4, -0.2) is 0 Å². The van der Waals surface area contributed by atoms with Crippen molar-refractivity contribution < 1.29 is 0 Å². The average Bonchev–Trinajstić information content (AvgIpc) is 2.08. The predicted octanol–water partition coefficient (Wildman–Crippen LogP) is 2.87. The summed E-state index contributed by atoms with van der Waals surface area (Å²) in [5, 5.41) is 0. The van der Waals surface area contributed by atoms with E-state index < -0.39 is 0 Å². The van der Waals surface area contributed by atoms with Crippen molar-refractivity contribution in [2.24, 2.45) is 5.73 Å². The van der Waals surface area contributed by atoms with Crippen molar-refractivity contribution in [3.05, 3.63) is 53.2 Å². The molecule has 0 radical (unpaired) electrons. The molecule has 1 rings (SSSR count). The fourth-order valence-electron chi connectivity index (χ4n) is 1.07. The molecule has 0 aliphatic carbocycles. The number of aryl methyl sites for hydroxylation is 1. The third-order valence-corrected chi connectivity index (χ3v) is 2.07. The Hall–Kier alpha value is -1.50. The van der Waals surface area contributed by atoms with Gasteiger partial charge < -0.3 is 5.73 Å². The van der Waals surface area contributed by atoms with Crippen LogP contribution in [0.2, 0.25) is 0 Å². The SMILES string of the molecule is C=C(N)/C(C)=C/c1ccccc1C. The molecule has 0 aromatic heterocycles. The highest BCUT2D eigenvalue weighted by atomic mass is 14.6. The molecule has 13 heavy (non-hydrogen) atoms. The zero-order valence-electron chi connectivity index (χ0n) is 8.17. The Morgan fingerprint density at radius 1 is 1.38 bits per heavy atom. The van der Waals surface area contributed by atoms with Gasteiger partial charge in [-0.3, -0.25) is 0 Å². The first-order chi connectivity index (χ1) is 6.11. The van der Waals surface area contributed by atoms with Crippen LogP contribution in [-0.2, 0) is 0 Å². The lowest BCUT2D eigenvalue weighted by Gasteiger charge is -2.02. The van der Waals surface area contributed by atoms with E-state index in [-0.39, 0.29) is 0 Å². The number of benzene rings is 1. The molecule has 1 aromatic carbocycles. The minimum absolute atomic E-state index is 0.628. The molecule has 0 unspecified atom stereocenters. The van der Waals surface area contributed by atoms with Crippen LogP contribution in [0.3, 0.4) is 0 Å². The second-order valence-corrected chi connectivity index (χ2v) is 3.21. The first-order valence-corrected chi connectivity index (χ1v) is 4.30. The first kappa shape index (κ1) is 9.59. The minimum Gasteiger partial charge on any atom is -0.399 e. The molecule has 0 spiro atoms. The van der Waals surface area contributed by atoms with Crippen LogP contribution in [0.15, 0.2) is 42.1 Å². The molecule has 1 heteroatoms. The number of hydrogen-bond donors (Lipinski definition) is 1. The Labute approximate surface area is 79.6 Å². The van der Waals surface area contributed by atoms with Gasteiger partial charge in [0, 0.05) is 5.70 Å². The van der Waals surface area contributed by atoms with Crippen LogP contribution in [0, 0.1) is 6.92 Å². The number of nitrogens with two attached hydrogens (primary N) is 1. The topological polar surface area (TPSA) is 26.0 Å². The summed E-state index contributed by atoms with van der Waals surface area (Å²) < 4.78 is 0. The van der Waals surface area contributed by atoms with Crippen LogP contribution in [0.4, 0.5) is 0 Å². The maximum atomic E-state index is 5.57. The summed E-state index contributed by atoms with van der Waals surface area (Å²) in [5.74, 6) is 0. The number of allylic oxidation sites excluding steroid dienone is 1. The largest absolute Gasteiger partial charge is 0.399 e. The fourth-order valence-corrected chi connectivity index (χ4v) is 1.07. The maximum Gasteiger partial charge on any atom is 0.0270 e. The molecule has 0 aliphatic heterocycles. The molecule has 2 N–H and O–H groups in total. The molecule has 1 nitrogen and oxygen atoms in total. The van der Waals surface area contributed by atoms with Gasteiger partial charge in [-0.25, -0.2) is 0 Å². The Morgan fingerprint density at radius 2 is 2.00 bits per heavy atom. The minimum atomic E-state index is 0.628. The summed E-state index contributed by atoms with van der Waals surface area (Å²) in [6.45, 7) is 7.74. The molecule has 0 bridgehead atoms. The molecular weight excluding hydrogens is 158 g/mol. The van der Waals surface area contributed by atoms with Gasteiger partial charge in [-0.2, -0.15) is 0 Å². The van der Waals surface area contributed by atoms with Crippen LogP contribution < -0.4 is 5.73 Å². The first-order valence-electron chi connectivity index (χ1n) is 4.30. The van der Waals surface area contributed by atoms with Crippen LogP contribution >= 0.6 is 0 Å². The van der Waals surface area contributed by atoms with E-state index in [1.165, 1.54) is 11.1 Å². The molecule has 0 saturated heterocycles. The van der Waals surface area contributed by atoms with Gasteiger partial charge in [0.25, 0.3) is 0 Å². The van der Waals surface area contributed by atoms with Crippen molar-refractivity contribution in [2.75, 3.05) is 0 Å². The molecule has 0 heterocycles. The molecule has 1 aromatic rings. The van der Waals surface area contributed by atoms with E-state index in [9.17, 15) is 0 Å². The van der Waals surface area contributed by atoms with Crippen LogP contribution in [0.1, 0.15) is 18.1 Å². The van der Waals surface area contributed by atoms with Crippen LogP contribution in [0.25, 0.3) is 6.08 Å². The second-order valence-electron chi connectivity index (χ2n) is 3.21. The summed E-state index contributed by atoms with van der Waals surface area (Å²) in [6.07, 6.45) is 2.05. The van der Waals surface area contributed by atoms with Crippen molar-refractivity contribution >= 4 is 6.08 Å². The maximum absolute atomic E-state index is 5.57. The van der Waals surface area contributed by atoms with Gasteiger partial charge in [-0.15, -0.1) is 0 Å². The van der Waals surface area contributed by atoms with E-state index in [1.54, 1.807) is 0 Å². The van der Waals surface area contributed by atoms with E-state index in [2.05, 4.69) is 31.7 Å². The lowest BCUT2D eigenvalue weighted by Crippen LogP contribution is -1.95. The zero-order valence-corrected chi connectivity index (χ0v) is 8.17. The Balaban J connectivity index is 3.04. The molecule has 0 saturated carbocycles. The molecule has 0 aliphatic rings. The van der Waals surface area contributed by atoms with Gasteiger partial charge in [0.2, 0.25) is 0 Å². The Kier molecular flexibility index (Phi) is 2.91. The third kappa shape index (κ3) is 2.48. The zero-order chi connectivity index (χ0) is 9.84. The quantitative estimate of drug-likeness (QED) is 0.684. The summed E-state index contributed by atoms with van der Waals surface area (Å²) in [7, 11) is 0. The van der Waals surface area contributed by atoms with Crippen molar-refractivity contribution in [3.63, 3.8) is 0 Å². The van der Waals surface area contributed by atoms with Gasteiger partial charge in [0.1, 0.15) is 0 Å². The van der Waals surface area contributed by atoms with Crippen molar-refractivity contribution in [2.45, 2.75) is 13.8 Å². The van der Waals surface area contributed by atoms with Crippen molar-refractivity contribution in [1.82, 2.24) is 0 Å². The molecule has 0 atom stereocenters.